The first-order valence-electron chi connectivity index (χ1n) is 6.35. The lowest BCUT2D eigenvalue weighted by Gasteiger charge is -2.12. The minimum atomic E-state index is -3.38. The van der Waals surface area contributed by atoms with Crippen LogP contribution >= 0.6 is 0 Å². The van der Waals surface area contributed by atoms with E-state index >= 15 is 0 Å². The van der Waals surface area contributed by atoms with Crippen LogP contribution in [0.2, 0.25) is 0 Å². The van der Waals surface area contributed by atoms with Crippen molar-refractivity contribution in [2.45, 2.75) is 43.7 Å². The van der Waals surface area contributed by atoms with Crippen LogP contribution in [0.1, 0.15) is 31.9 Å². The lowest BCUT2D eigenvalue weighted by molar-refractivity contribution is 0.530. The summed E-state index contributed by atoms with van der Waals surface area (Å²) >= 11 is 0. The number of hydrogen-bond donors (Lipinski definition) is 3. The fourth-order valence-corrected chi connectivity index (χ4v) is 3.37. The molecule has 0 aliphatic heterocycles. The van der Waals surface area contributed by atoms with Crippen molar-refractivity contribution in [1.82, 2.24) is 15.0 Å². The van der Waals surface area contributed by atoms with Crippen molar-refractivity contribution in [2.24, 2.45) is 5.92 Å². The van der Waals surface area contributed by atoms with E-state index in [9.17, 15) is 8.42 Å². The lowest BCUT2D eigenvalue weighted by atomic mass is 10.2. The minimum Gasteiger partial charge on any atom is -0.363 e. The highest BCUT2D eigenvalue weighted by Gasteiger charge is 2.26. The Bertz CT molecular complexity index is 491. The zero-order valence-electron chi connectivity index (χ0n) is 10.9. The summed E-state index contributed by atoms with van der Waals surface area (Å²) in [5.41, 5.74) is 0.868. The van der Waals surface area contributed by atoms with E-state index in [1.807, 2.05) is 14.0 Å². The number of hydrogen-bond acceptors (Lipinski definition) is 3. The van der Waals surface area contributed by atoms with Crippen LogP contribution in [0.5, 0.6) is 0 Å². The minimum absolute atomic E-state index is 0.00477. The second kappa shape index (κ2) is 5.42. The van der Waals surface area contributed by atoms with Gasteiger partial charge in [0.25, 0.3) is 0 Å². The summed E-state index contributed by atoms with van der Waals surface area (Å²) in [5.74, 6) is 0.716. The molecule has 0 aromatic carbocycles. The van der Waals surface area contributed by atoms with Crippen LogP contribution in [-0.4, -0.2) is 26.5 Å². The molecule has 1 aromatic heterocycles. The summed E-state index contributed by atoms with van der Waals surface area (Å²) in [7, 11) is -1.56. The summed E-state index contributed by atoms with van der Waals surface area (Å²) in [6.07, 6.45) is 4.96. The quantitative estimate of drug-likeness (QED) is 0.697. The Hall–Kier alpha value is -0.850. The molecule has 5 nitrogen and oxygen atoms in total. The van der Waals surface area contributed by atoms with Gasteiger partial charge in [0.2, 0.25) is 10.0 Å². The molecule has 18 heavy (non-hydrogen) atoms. The first-order valence-corrected chi connectivity index (χ1v) is 7.84. The maximum atomic E-state index is 12.1. The maximum absolute atomic E-state index is 12.1. The summed E-state index contributed by atoms with van der Waals surface area (Å²) in [6, 6.07) is 1.67. The molecule has 1 aliphatic carbocycles. The Labute approximate surface area is 108 Å². The van der Waals surface area contributed by atoms with Crippen LogP contribution in [-0.2, 0) is 16.6 Å². The summed E-state index contributed by atoms with van der Waals surface area (Å²) in [6.45, 7) is 2.56. The SMILES string of the molecule is CNCc1cc(S(=O)(=O)NC(C)CC2CC2)c[nH]1. The smallest absolute Gasteiger partial charge is 0.242 e. The summed E-state index contributed by atoms with van der Waals surface area (Å²) in [5, 5.41) is 2.98. The average Bonchev–Trinajstić information content (AvgIpc) is 2.94. The molecule has 1 aromatic rings. The van der Waals surface area contributed by atoms with Crippen molar-refractivity contribution in [2.75, 3.05) is 7.05 Å². The van der Waals surface area contributed by atoms with Gasteiger partial charge in [-0.1, -0.05) is 12.8 Å². The fourth-order valence-electron chi connectivity index (χ4n) is 2.10. The van der Waals surface area contributed by atoms with Gasteiger partial charge in [0.1, 0.15) is 0 Å². The Morgan fingerprint density at radius 2 is 2.22 bits per heavy atom. The van der Waals surface area contributed by atoms with E-state index in [0.717, 1.165) is 12.1 Å². The third kappa shape index (κ3) is 3.57. The van der Waals surface area contributed by atoms with Crippen molar-refractivity contribution < 1.29 is 8.42 Å². The van der Waals surface area contributed by atoms with Gasteiger partial charge in [0.05, 0.1) is 4.90 Å². The molecule has 0 saturated heterocycles. The van der Waals surface area contributed by atoms with Gasteiger partial charge in [-0.3, -0.25) is 0 Å². The Morgan fingerprint density at radius 1 is 1.50 bits per heavy atom. The zero-order chi connectivity index (χ0) is 13.2. The molecule has 1 unspecified atom stereocenters. The van der Waals surface area contributed by atoms with Crippen molar-refractivity contribution in [3.05, 3.63) is 18.0 Å². The highest BCUT2D eigenvalue weighted by molar-refractivity contribution is 7.89. The van der Waals surface area contributed by atoms with E-state index in [0.29, 0.717) is 17.4 Å². The van der Waals surface area contributed by atoms with Gasteiger partial charge in [-0.25, -0.2) is 13.1 Å². The topological polar surface area (TPSA) is 74.0 Å². The van der Waals surface area contributed by atoms with Crippen LogP contribution in [0, 0.1) is 5.92 Å². The number of rotatable bonds is 7. The lowest BCUT2D eigenvalue weighted by Crippen LogP contribution is -2.32. The largest absolute Gasteiger partial charge is 0.363 e. The Balaban J connectivity index is 1.99. The van der Waals surface area contributed by atoms with E-state index in [4.69, 9.17) is 0 Å². The van der Waals surface area contributed by atoms with Crippen LogP contribution < -0.4 is 10.0 Å². The van der Waals surface area contributed by atoms with Crippen LogP contribution in [0.4, 0.5) is 0 Å². The van der Waals surface area contributed by atoms with Crippen molar-refractivity contribution in [3.63, 3.8) is 0 Å². The molecule has 0 amide bonds. The van der Waals surface area contributed by atoms with Crippen LogP contribution in [0.15, 0.2) is 17.2 Å². The molecule has 6 heteroatoms. The molecule has 0 radical (unpaired) electrons. The zero-order valence-corrected chi connectivity index (χ0v) is 11.7. The Kier molecular flexibility index (Phi) is 4.09. The maximum Gasteiger partial charge on any atom is 0.242 e. The van der Waals surface area contributed by atoms with Gasteiger partial charge in [-0.15, -0.1) is 0 Å². The van der Waals surface area contributed by atoms with Gasteiger partial charge >= 0.3 is 0 Å². The molecule has 1 aliphatic rings. The van der Waals surface area contributed by atoms with Gasteiger partial charge in [0, 0.05) is 24.5 Å². The van der Waals surface area contributed by atoms with E-state index < -0.39 is 10.0 Å². The Morgan fingerprint density at radius 3 is 2.83 bits per heavy atom. The molecule has 1 saturated carbocycles. The average molecular weight is 271 g/mol. The van der Waals surface area contributed by atoms with Crippen molar-refractivity contribution in [1.29, 1.82) is 0 Å². The monoisotopic (exact) mass is 271 g/mol. The van der Waals surface area contributed by atoms with E-state index in [1.165, 1.54) is 12.8 Å². The highest BCUT2D eigenvalue weighted by Crippen LogP contribution is 2.33. The third-order valence-electron chi connectivity index (χ3n) is 3.13. The number of H-pyrrole nitrogens is 1. The van der Waals surface area contributed by atoms with Crippen molar-refractivity contribution in [3.8, 4) is 0 Å². The number of aromatic nitrogens is 1. The molecule has 102 valence electrons. The normalized spacial score (nSPS) is 17.9. The molecular weight excluding hydrogens is 250 g/mol. The van der Waals surface area contributed by atoms with E-state index in [2.05, 4.69) is 15.0 Å². The van der Waals surface area contributed by atoms with Gasteiger partial charge in [0.15, 0.2) is 0 Å². The molecule has 1 atom stereocenters. The molecule has 0 spiro atoms. The predicted octanol–water partition coefficient (Wildman–Crippen LogP) is 1.20. The molecule has 0 bridgehead atoms. The van der Waals surface area contributed by atoms with Gasteiger partial charge in [-0.2, -0.15) is 0 Å². The van der Waals surface area contributed by atoms with Gasteiger partial charge < -0.3 is 10.3 Å². The van der Waals surface area contributed by atoms with Crippen molar-refractivity contribution >= 4 is 10.0 Å². The number of nitrogens with one attached hydrogen (secondary N) is 3. The second-order valence-corrected chi connectivity index (χ2v) is 6.81. The standard InChI is InChI=1S/C12H21N3O2S/c1-9(5-10-3-4-10)15-18(16,17)12-6-11(7-13-2)14-8-12/h6,8-10,13-15H,3-5,7H2,1-2H3. The highest BCUT2D eigenvalue weighted by atomic mass is 32.2. The first-order chi connectivity index (χ1) is 8.51. The molecule has 2 rings (SSSR count). The molecule has 3 N–H and O–H groups in total. The van der Waals surface area contributed by atoms with Crippen LogP contribution in [0.3, 0.4) is 0 Å². The number of sulfonamides is 1. The van der Waals surface area contributed by atoms with Gasteiger partial charge in [-0.05, 0) is 32.4 Å². The van der Waals surface area contributed by atoms with Crippen LogP contribution in [0.25, 0.3) is 0 Å². The first kappa shape index (κ1) is 13.6. The summed E-state index contributed by atoms with van der Waals surface area (Å²) in [4.78, 5) is 3.27. The molecule has 1 heterocycles. The molecule has 1 fully saturated rings. The predicted molar refractivity (Wildman–Crippen MR) is 70.7 cm³/mol. The molecular formula is C12H21N3O2S. The number of aromatic amines is 1. The van der Waals surface area contributed by atoms with E-state index in [1.54, 1.807) is 12.3 Å². The fraction of sp³-hybridized carbons (Fsp3) is 0.667. The summed E-state index contributed by atoms with van der Waals surface area (Å²) < 4.78 is 27.0. The third-order valence-corrected chi connectivity index (χ3v) is 4.70. The van der Waals surface area contributed by atoms with E-state index in [-0.39, 0.29) is 6.04 Å². The second-order valence-electron chi connectivity index (χ2n) is 5.09.